The monoisotopic (exact) mass is 257 g/mol. The molecule has 0 aliphatic carbocycles. The number of ether oxygens (including phenoxy) is 1. The molecule has 0 fully saturated rings. The van der Waals surface area contributed by atoms with Crippen molar-refractivity contribution in [3.8, 4) is 5.75 Å². The molecule has 0 unspecified atom stereocenters. The number of aromatic amines is 1. The van der Waals surface area contributed by atoms with Gasteiger partial charge in [-0.05, 0) is 63.1 Å². The third kappa shape index (κ3) is 2.55. The van der Waals surface area contributed by atoms with E-state index in [0.29, 0.717) is 17.9 Å². The van der Waals surface area contributed by atoms with E-state index < -0.39 is 0 Å². The first kappa shape index (κ1) is 13.4. The largest absolute Gasteiger partial charge is 0.494 e. The number of rotatable bonds is 4. The molecular weight excluding hydrogens is 238 g/mol. The molecule has 1 N–H and O–H groups in total. The Bertz CT molecular complexity index is 594. The van der Waals surface area contributed by atoms with Crippen LogP contribution in [0.1, 0.15) is 39.8 Å². The molecule has 1 aromatic heterocycles. The molecule has 0 saturated carbocycles. The Morgan fingerprint density at radius 1 is 1.11 bits per heavy atom. The van der Waals surface area contributed by atoms with E-state index in [9.17, 15) is 4.79 Å². The normalized spacial score (nSPS) is 10.5. The Balaban J connectivity index is 2.31. The van der Waals surface area contributed by atoms with Gasteiger partial charge >= 0.3 is 0 Å². The molecule has 0 saturated heterocycles. The molecule has 0 radical (unpaired) electrons. The maximum atomic E-state index is 12.4. The first-order valence-electron chi connectivity index (χ1n) is 6.48. The topological polar surface area (TPSA) is 42.1 Å². The Morgan fingerprint density at radius 2 is 1.74 bits per heavy atom. The summed E-state index contributed by atoms with van der Waals surface area (Å²) in [6.07, 6.45) is 0. The number of nitrogens with one attached hydrogen (secondary N) is 1. The van der Waals surface area contributed by atoms with Gasteiger partial charge in [-0.15, -0.1) is 0 Å². The number of ketones is 1. The van der Waals surface area contributed by atoms with E-state index in [1.165, 1.54) is 0 Å². The van der Waals surface area contributed by atoms with Gasteiger partial charge in [0.15, 0.2) is 0 Å². The van der Waals surface area contributed by atoms with Gasteiger partial charge in [0.2, 0.25) is 5.78 Å². The van der Waals surface area contributed by atoms with Crippen LogP contribution in [0.3, 0.4) is 0 Å². The zero-order valence-electron chi connectivity index (χ0n) is 11.8. The van der Waals surface area contributed by atoms with Gasteiger partial charge in [-0.25, -0.2) is 0 Å². The van der Waals surface area contributed by atoms with Crippen LogP contribution < -0.4 is 4.74 Å². The lowest BCUT2D eigenvalue weighted by molar-refractivity contribution is 0.103. The molecule has 3 heteroatoms. The molecule has 19 heavy (non-hydrogen) atoms. The summed E-state index contributed by atoms with van der Waals surface area (Å²) in [5, 5.41) is 0. The maximum Gasteiger partial charge on any atom is 0.209 e. The highest BCUT2D eigenvalue weighted by Crippen LogP contribution is 2.21. The summed E-state index contributed by atoms with van der Waals surface area (Å²) in [7, 11) is 0. The molecule has 1 heterocycles. The molecule has 0 atom stereocenters. The third-order valence-electron chi connectivity index (χ3n) is 3.47. The van der Waals surface area contributed by atoms with Crippen LogP contribution in [0, 0.1) is 20.8 Å². The minimum Gasteiger partial charge on any atom is -0.494 e. The smallest absolute Gasteiger partial charge is 0.209 e. The van der Waals surface area contributed by atoms with Gasteiger partial charge in [0.25, 0.3) is 0 Å². The Kier molecular flexibility index (Phi) is 3.74. The van der Waals surface area contributed by atoms with Crippen LogP contribution in [0.4, 0.5) is 0 Å². The number of carbonyl (C=O) groups is 1. The number of aromatic nitrogens is 1. The minimum atomic E-state index is 0.0248. The summed E-state index contributed by atoms with van der Waals surface area (Å²) in [6.45, 7) is 8.54. The fourth-order valence-electron chi connectivity index (χ4n) is 2.08. The SMILES string of the molecule is CCOc1ccc(C(=O)c2[nH]c(C)c(C)c2C)cc1. The number of aryl methyl sites for hydroxylation is 1. The zero-order chi connectivity index (χ0) is 14.0. The van der Waals surface area contributed by atoms with Crippen molar-refractivity contribution >= 4 is 5.78 Å². The molecular formula is C16H19NO2. The lowest BCUT2D eigenvalue weighted by Gasteiger charge is -2.04. The van der Waals surface area contributed by atoms with Crippen LogP contribution >= 0.6 is 0 Å². The molecule has 2 rings (SSSR count). The number of carbonyl (C=O) groups excluding carboxylic acids is 1. The second-order valence-corrected chi connectivity index (χ2v) is 4.66. The van der Waals surface area contributed by atoms with Gasteiger partial charge in [-0.3, -0.25) is 4.79 Å². The van der Waals surface area contributed by atoms with Crippen molar-refractivity contribution < 1.29 is 9.53 Å². The Labute approximate surface area is 113 Å². The molecule has 2 aromatic rings. The average Bonchev–Trinajstić information content (AvgIpc) is 2.67. The minimum absolute atomic E-state index is 0.0248. The lowest BCUT2D eigenvalue weighted by Crippen LogP contribution is -2.04. The van der Waals surface area contributed by atoms with E-state index >= 15 is 0 Å². The number of hydrogen-bond donors (Lipinski definition) is 1. The van der Waals surface area contributed by atoms with Gasteiger partial charge in [0.1, 0.15) is 5.75 Å². The summed E-state index contributed by atoms with van der Waals surface area (Å²) < 4.78 is 5.37. The van der Waals surface area contributed by atoms with Crippen LogP contribution in [0.15, 0.2) is 24.3 Å². The Morgan fingerprint density at radius 3 is 2.21 bits per heavy atom. The molecule has 3 nitrogen and oxygen atoms in total. The van der Waals surface area contributed by atoms with E-state index in [2.05, 4.69) is 4.98 Å². The Hall–Kier alpha value is -2.03. The molecule has 1 aromatic carbocycles. The first-order valence-corrected chi connectivity index (χ1v) is 6.48. The van der Waals surface area contributed by atoms with Gasteiger partial charge in [-0.1, -0.05) is 0 Å². The average molecular weight is 257 g/mol. The van der Waals surface area contributed by atoms with Crippen molar-refractivity contribution in [3.05, 3.63) is 52.3 Å². The molecule has 0 bridgehead atoms. The summed E-state index contributed by atoms with van der Waals surface area (Å²) in [6, 6.07) is 7.26. The second kappa shape index (κ2) is 5.31. The van der Waals surface area contributed by atoms with E-state index in [-0.39, 0.29) is 5.78 Å². The quantitative estimate of drug-likeness (QED) is 0.851. The standard InChI is InChI=1S/C16H19NO2/c1-5-19-14-8-6-13(7-9-14)16(18)15-11(3)10(2)12(4)17-15/h6-9,17H,5H2,1-4H3. The fourth-order valence-corrected chi connectivity index (χ4v) is 2.08. The van der Waals surface area contributed by atoms with Crippen LogP contribution in [0.2, 0.25) is 0 Å². The van der Waals surface area contributed by atoms with E-state index in [0.717, 1.165) is 22.6 Å². The van der Waals surface area contributed by atoms with Gasteiger partial charge in [-0.2, -0.15) is 0 Å². The fraction of sp³-hybridized carbons (Fsp3) is 0.312. The zero-order valence-corrected chi connectivity index (χ0v) is 11.8. The van der Waals surface area contributed by atoms with Crippen molar-refractivity contribution in [1.82, 2.24) is 4.98 Å². The van der Waals surface area contributed by atoms with E-state index in [4.69, 9.17) is 4.74 Å². The van der Waals surface area contributed by atoms with Crippen molar-refractivity contribution in [2.75, 3.05) is 6.61 Å². The van der Waals surface area contributed by atoms with Crippen molar-refractivity contribution in [1.29, 1.82) is 0 Å². The first-order chi connectivity index (χ1) is 9.04. The van der Waals surface area contributed by atoms with Gasteiger partial charge in [0.05, 0.1) is 12.3 Å². The lowest BCUT2D eigenvalue weighted by atomic mass is 10.0. The van der Waals surface area contributed by atoms with Crippen molar-refractivity contribution in [2.24, 2.45) is 0 Å². The van der Waals surface area contributed by atoms with Crippen molar-refractivity contribution in [3.63, 3.8) is 0 Å². The predicted octanol–water partition coefficient (Wildman–Crippen LogP) is 3.57. The summed E-state index contributed by atoms with van der Waals surface area (Å²) in [5.74, 6) is 0.811. The van der Waals surface area contributed by atoms with E-state index in [1.54, 1.807) is 12.1 Å². The predicted molar refractivity (Wildman–Crippen MR) is 76.0 cm³/mol. The number of H-pyrrole nitrogens is 1. The second-order valence-electron chi connectivity index (χ2n) is 4.66. The van der Waals surface area contributed by atoms with Gasteiger partial charge < -0.3 is 9.72 Å². The molecule has 0 aliphatic rings. The van der Waals surface area contributed by atoms with Crippen LogP contribution in [-0.4, -0.2) is 17.4 Å². The summed E-state index contributed by atoms with van der Waals surface area (Å²) in [4.78, 5) is 15.6. The maximum absolute atomic E-state index is 12.4. The highest BCUT2D eigenvalue weighted by molar-refractivity contribution is 6.09. The van der Waals surface area contributed by atoms with Crippen LogP contribution in [0.25, 0.3) is 0 Å². The third-order valence-corrected chi connectivity index (χ3v) is 3.47. The van der Waals surface area contributed by atoms with Crippen molar-refractivity contribution in [2.45, 2.75) is 27.7 Å². The molecule has 0 amide bonds. The van der Waals surface area contributed by atoms with Crippen LogP contribution in [0.5, 0.6) is 5.75 Å². The molecule has 100 valence electrons. The van der Waals surface area contributed by atoms with Gasteiger partial charge in [0, 0.05) is 11.3 Å². The summed E-state index contributed by atoms with van der Waals surface area (Å²) >= 11 is 0. The van der Waals surface area contributed by atoms with Crippen LogP contribution in [-0.2, 0) is 0 Å². The molecule has 0 spiro atoms. The molecule has 0 aliphatic heterocycles. The summed E-state index contributed by atoms with van der Waals surface area (Å²) in [5.41, 5.74) is 4.57. The van der Waals surface area contributed by atoms with E-state index in [1.807, 2.05) is 39.8 Å². The number of benzene rings is 1. The number of hydrogen-bond acceptors (Lipinski definition) is 2. The highest BCUT2D eigenvalue weighted by Gasteiger charge is 2.16. The highest BCUT2D eigenvalue weighted by atomic mass is 16.5.